The van der Waals surface area contributed by atoms with Crippen LogP contribution in [0.2, 0.25) is 0 Å². The van der Waals surface area contributed by atoms with Crippen LogP contribution in [0.1, 0.15) is 34.6 Å². The predicted octanol–water partition coefficient (Wildman–Crippen LogP) is 3.26. The van der Waals surface area contributed by atoms with Crippen molar-refractivity contribution in [3.63, 3.8) is 0 Å². The molecule has 1 amide bonds. The number of carbonyl (C=O) groups is 1. The standard InChI is InChI=1S/C23H28F3N5O2/c1-30(11-10-27)15-16-6-5-8-18(12-16)31-19(13-21(29-31)23(24,25)26)22(32)28-14-17-7-3-4-9-20(17)33-2/h3,5-8,12-13H,4,9-11,14-15,27H2,1-2H3,(H,28,32). The number of aromatic nitrogens is 2. The number of hydrogen-bond acceptors (Lipinski definition) is 5. The van der Waals surface area contributed by atoms with Gasteiger partial charge in [0.25, 0.3) is 5.91 Å². The first-order chi connectivity index (χ1) is 15.7. The lowest BCUT2D eigenvalue weighted by Crippen LogP contribution is -2.28. The van der Waals surface area contributed by atoms with Crippen LogP contribution in [0.5, 0.6) is 0 Å². The Labute approximate surface area is 190 Å². The van der Waals surface area contributed by atoms with Crippen molar-refractivity contribution >= 4 is 5.91 Å². The molecule has 0 radical (unpaired) electrons. The molecular formula is C23H28F3N5O2. The van der Waals surface area contributed by atoms with Crippen LogP contribution in [0, 0.1) is 0 Å². The molecule has 0 saturated carbocycles. The van der Waals surface area contributed by atoms with E-state index in [4.69, 9.17) is 10.5 Å². The van der Waals surface area contributed by atoms with Crippen LogP contribution in [0.3, 0.4) is 0 Å². The van der Waals surface area contributed by atoms with Gasteiger partial charge in [0, 0.05) is 44.2 Å². The maximum Gasteiger partial charge on any atom is 0.435 e. The van der Waals surface area contributed by atoms with E-state index in [1.54, 1.807) is 25.3 Å². The molecule has 0 fully saturated rings. The highest BCUT2D eigenvalue weighted by molar-refractivity contribution is 5.93. The monoisotopic (exact) mass is 463 g/mol. The van der Waals surface area contributed by atoms with Gasteiger partial charge < -0.3 is 20.7 Å². The maximum absolute atomic E-state index is 13.4. The second-order valence-electron chi connectivity index (χ2n) is 7.80. The number of nitrogens with two attached hydrogens (primary N) is 1. The number of alkyl halides is 3. The number of halogens is 3. The topological polar surface area (TPSA) is 85.4 Å². The fourth-order valence-corrected chi connectivity index (χ4v) is 3.63. The first kappa shape index (κ1) is 24.5. The fourth-order valence-electron chi connectivity index (χ4n) is 3.63. The molecule has 0 unspecified atom stereocenters. The molecular weight excluding hydrogens is 435 g/mol. The third kappa shape index (κ3) is 6.23. The third-order valence-electron chi connectivity index (χ3n) is 5.25. The number of likely N-dealkylation sites (N-methyl/N-ethyl adjacent to an activating group) is 1. The summed E-state index contributed by atoms with van der Waals surface area (Å²) >= 11 is 0. The Kier molecular flexibility index (Phi) is 7.93. The Bertz CT molecular complexity index is 1040. The van der Waals surface area contributed by atoms with E-state index in [2.05, 4.69) is 10.4 Å². The normalized spacial score (nSPS) is 14.2. The van der Waals surface area contributed by atoms with Gasteiger partial charge in [-0.25, -0.2) is 4.68 Å². The molecule has 7 nitrogen and oxygen atoms in total. The van der Waals surface area contributed by atoms with E-state index >= 15 is 0 Å². The van der Waals surface area contributed by atoms with E-state index < -0.39 is 17.8 Å². The lowest BCUT2D eigenvalue weighted by Gasteiger charge is -2.17. The molecule has 1 aromatic carbocycles. The summed E-state index contributed by atoms with van der Waals surface area (Å²) in [5, 5.41) is 6.39. The highest BCUT2D eigenvalue weighted by Gasteiger charge is 2.36. The number of ether oxygens (including phenoxy) is 1. The number of hydrogen-bond donors (Lipinski definition) is 2. The lowest BCUT2D eigenvalue weighted by atomic mass is 10.1. The summed E-state index contributed by atoms with van der Waals surface area (Å²) in [6, 6.07) is 7.68. The number of carbonyl (C=O) groups excluding carboxylic acids is 1. The summed E-state index contributed by atoms with van der Waals surface area (Å²) in [5.41, 5.74) is 6.26. The molecule has 1 aromatic heterocycles. The van der Waals surface area contributed by atoms with Crippen molar-refractivity contribution in [1.29, 1.82) is 0 Å². The van der Waals surface area contributed by atoms with Gasteiger partial charge in [0.15, 0.2) is 5.69 Å². The van der Waals surface area contributed by atoms with E-state index in [1.807, 2.05) is 30.2 Å². The zero-order chi connectivity index (χ0) is 24.0. The summed E-state index contributed by atoms with van der Waals surface area (Å²) in [6.07, 6.45) is 0.668. The average molecular weight is 464 g/mol. The van der Waals surface area contributed by atoms with Crippen molar-refractivity contribution < 1.29 is 22.7 Å². The van der Waals surface area contributed by atoms with Gasteiger partial charge in [-0.2, -0.15) is 18.3 Å². The fraction of sp³-hybridized carbons (Fsp3) is 0.391. The van der Waals surface area contributed by atoms with E-state index in [-0.39, 0.29) is 12.2 Å². The molecule has 2 aromatic rings. The Balaban J connectivity index is 1.90. The van der Waals surface area contributed by atoms with Crippen LogP contribution in [-0.2, 0) is 17.5 Å². The largest absolute Gasteiger partial charge is 0.501 e. The molecule has 1 heterocycles. The van der Waals surface area contributed by atoms with Crippen LogP contribution in [0.25, 0.3) is 5.69 Å². The molecule has 0 saturated heterocycles. The first-order valence-corrected chi connectivity index (χ1v) is 10.6. The Morgan fingerprint density at radius 3 is 2.82 bits per heavy atom. The molecule has 10 heteroatoms. The summed E-state index contributed by atoms with van der Waals surface area (Å²) in [7, 11) is 3.45. The molecule has 1 aliphatic rings. The second-order valence-corrected chi connectivity index (χ2v) is 7.80. The minimum absolute atomic E-state index is 0.134. The van der Waals surface area contributed by atoms with E-state index in [1.165, 1.54) is 0 Å². The summed E-state index contributed by atoms with van der Waals surface area (Å²) in [4.78, 5) is 14.9. The van der Waals surface area contributed by atoms with Gasteiger partial charge >= 0.3 is 6.18 Å². The van der Waals surface area contributed by atoms with Gasteiger partial charge in [-0.3, -0.25) is 4.79 Å². The molecule has 1 aliphatic carbocycles. The van der Waals surface area contributed by atoms with E-state index in [0.717, 1.165) is 34.1 Å². The number of allylic oxidation sites excluding steroid dienone is 2. The minimum Gasteiger partial charge on any atom is -0.501 e. The molecule has 3 N–H and O–H groups in total. The van der Waals surface area contributed by atoms with Gasteiger partial charge in [-0.05, 0) is 31.2 Å². The number of nitrogens with one attached hydrogen (secondary N) is 1. The van der Waals surface area contributed by atoms with Crippen LogP contribution in [0.4, 0.5) is 13.2 Å². The molecule has 3 rings (SSSR count). The summed E-state index contributed by atoms with van der Waals surface area (Å²) in [6.45, 7) is 1.85. The number of amides is 1. The van der Waals surface area contributed by atoms with Crippen molar-refractivity contribution in [2.24, 2.45) is 5.73 Å². The van der Waals surface area contributed by atoms with Crippen LogP contribution in [0.15, 0.2) is 53.8 Å². The quantitative estimate of drug-likeness (QED) is 0.596. The van der Waals surface area contributed by atoms with Crippen molar-refractivity contribution in [1.82, 2.24) is 20.0 Å². The molecule has 33 heavy (non-hydrogen) atoms. The number of methoxy groups -OCH3 is 1. The van der Waals surface area contributed by atoms with Gasteiger partial charge in [0.1, 0.15) is 11.5 Å². The minimum atomic E-state index is -4.68. The van der Waals surface area contributed by atoms with Gasteiger partial charge in [-0.1, -0.05) is 24.3 Å². The average Bonchev–Trinajstić information content (AvgIpc) is 3.24. The van der Waals surface area contributed by atoms with Gasteiger partial charge in [-0.15, -0.1) is 0 Å². The zero-order valence-corrected chi connectivity index (χ0v) is 18.7. The van der Waals surface area contributed by atoms with Gasteiger partial charge in [0.2, 0.25) is 0 Å². The van der Waals surface area contributed by atoms with Gasteiger partial charge in [0.05, 0.1) is 12.8 Å². The predicted molar refractivity (Wildman–Crippen MR) is 119 cm³/mol. The van der Waals surface area contributed by atoms with Crippen LogP contribution in [-0.4, -0.2) is 54.4 Å². The molecule has 0 bridgehead atoms. The number of benzene rings is 1. The van der Waals surface area contributed by atoms with Crippen molar-refractivity contribution in [3.05, 3.63) is 70.8 Å². The third-order valence-corrected chi connectivity index (χ3v) is 5.25. The maximum atomic E-state index is 13.4. The summed E-state index contributed by atoms with van der Waals surface area (Å²) < 4.78 is 46.6. The van der Waals surface area contributed by atoms with Crippen molar-refractivity contribution in [3.8, 4) is 5.69 Å². The van der Waals surface area contributed by atoms with E-state index in [9.17, 15) is 18.0 Å². The zero-order valence-electron chi connectivity index (χ0n) is 18.7. The van der Waals surface area contributed by atoms with Crippen molar-refractivity contribution in [2.45, 2.75) is 25.6 Å². The Morgan fingerprint density at radius 1 is 1.33 bits per heavy atom. The highest BCUT2D eigenvalue weighted by atomic mass is 19.4. The Morgan fingerprint density at radius 2 is 2.12 bits per heavy atom. The molecule has 178 valence electrons. The number of nitrogens with zero attached hydrogens (tertiary/aromatic N) is 3. The molecule has 0 spiro atoms. The first-order valence-electron chi connectivity index (χ1n) is 10.6. The number of rotatable bonds is 9. The summed E-state index contributed by atoms with van der Waals surface area (Å²) in [5.74, 6) is 0.0853. The molecule has 0 atom stereocenters. The van der Waals surface area contributed by atoms with Crippen LogP contribution < -0.4 is 11.1 Å². The van der Waals surface area contributed by atoms with E-state index in [0.29, 0.717) is 31.7 Å². The Hall–Kier alpha value is -3.11. The second kappa shape index (κ2) is 10.7. The van der Waals surface area contributed by atoms with Crippen molar-refractivity contribution in [2.75, 3.05) is 33.8 Å². The smallest absolute Gasteiger partial charge is 0.435 e. The SMILES string of the molecule is COC1=C(CNC(=O)c2cc(C(F)(F)F)nn2-c2cccc(CN(C)CCN)c2)C=CCC1. The highest BCUT2D eigenvalue weighted by Crippen LogP contribution is 2.30. The lowest BCUT2D eigenvalue weighted by molar-refractivity contribution is -0.141. The molecule has 0 aliphatic heterocycles. The van der Waals surface area contributed by atoms with Crippen LogP contribution >= 0.6 is 0 Å².